The molecule has 184 valence electrons. The Morgan fingerprint density at radius 1 is 1.12 bits per heavy atom. The van der Waals surface area contributed by atoms with Gasteiger partial charge in [-0.25, -0.2) is 0 Å². The van der Waals surface area contributed by atoms with Crippen molar-refractivity contribution in [2.24, 2.45) is 23.2 Å². The van der Waals surface area contributed by atoms with Gasteiger partial charge in [0.1, 0.15) is 6.10 Å². The number of esters is 1. The molecule has 7 heteroatoms. The van der Waals surface area contributed by atoms with E-state index in [0.29, 0.717) is 19.3 Å². The van der Waals surface area contributed by atoms with Gasteiger partial charge in [0, 0.05) is 57.0 Å². The first-order valence-electron chi connectivity index (χ1n) is 12.8. The third-order valence-electron chi connectivity index (χ3n) is 9.33. The fourth-order valence-electron chi connectivity index (χ4n) is 6.98. The van der Waals surface area contributed by atoms with Gasteiger partial charge in [0.15, 0.2) is 11.5 Å². The zero-order valence-corrected chi connectivity index (χ0v) is 20.2. The number of aliphatic hydroxyl groups excluding tert-OH is 1. The van der Waals surface area contributed by atoms with E-state index in [1.165, 1.54) is 11.1 Å². The number of piperazine rings is 1. The number of hydrogen-bond acceptors (Lipinski definition) is 7. The minimum absolute atomic E-state index is 0.109. The number of fused-ring (bicyclic) bond motifs is 3. The van der Waals surface area contributed by atoms with Crippen LogP contribution in [0.3, 0.4) is 0 Å². The Morgan fingerprint density at radius 2 is 1.88 bits per heavy atom. The van der Waals surface area contributed by atoms with E-state index in [-0.39, 0.29) is 29.3 Å². The molecule has 0 bridgehead atoms. The quantitative estimate of drug-likeness (QED) is 0.538. The molecule has 0 amide bonds. The smallest absolute Gasteiger partial charge is 0.311 e. The highest BCUT2D eigenvalue weighted by Gasteiger charge is 2.59. The maximum Gasteiger partial charge on any atom is 0.311 e. The van der Waals surface area contributed by atoms with E-state index in [2.05, 4.69) is 41.9 Å². The first-order valence-corrected chi connectivity index (χ1v) is 12.8. The summed E-state index contributed by atoms with van der Waals surface area (Å²) in [5, 5.41) is 11.6. The van der Waals surface area contributed by atoms with Crippen molar-refractivity contribution in [3.05, 3.63) is 35.4 Å². The molecule has 0 unspecified atom stereocenters. The Balaban J connectivity index is 1.09. The summed E-state index contributed by atoms with van der Waals surface area (Å²) in [5.74, 6) is 1.59. The summed E-state index contributed by atoms with van der Waals surface area (Å²) in [6.45, 7) is 10.1. The minimum Gasteiger partial charge on any atom is -0.461 e. The Hall–Kier alpha value is -2.09. The van der Waals surface area contributed by atoms with E-state index >= 15 is 0 Å². The highest BCUT2D eigenvalue weighted by atomic mass is 16.7. The Bertz CT molecular complexity index is 987. The molecule has 2 saturated heterocycles. The molecule has 1 aromatic carbocycles. The number of carbonyl (C=O) groups excluding carboxylic acids is 1. The fourth-order valence-corrected chi connectivity index (χ4v) is 6.98. The molecule has 1 saturated carbocycles. The number of benzene rings is 1. The molecular weight excluding hydrogens is 432 g/mol. The van der Waals surface area contributed by atoms with Crippen LogP contribution in [0.1, 0.15) is 38.7 Å². The van der Waals surface area contributed by atoms with E-state index in [9.17, 15) is 9.90 Å². The van der Waals surface area contributed by atoms with Crippen molar-refractivity contribution in [2.75, 3.05) is 39.5 Å². The standard InChI is InChI=1S/C27H36N2O5/c1-17-4-3-5-19-13-23-24(25(30)27(17,19)2)20(26(31)34-23)15-29-10-8-28(9-11-29)14-18-6-7-21-22(12-18)33-16-32-21/h5-7,12,17,20,23-25,30H,3-4,8-11,13-16H2,1-2H3/t17-,20+,23-,24-,25+,27-/m1/s1. The summed E-state index contributed by atoms with van der Waals surface area (Å²) >= 11 is 0. The molecule has 1 N–H and O–H groups in total. The number of ether oxygens (including phenoxy) is 3. The van der Waals surface area contributed by atoms with E-state index in [1.54, 1.807) is 0 Å². The number of rotatable bonds is 4. The third kappa shape index (κ3) is 3.64. The fraction of sp³-hybridized carbons (Fsp3) is 0.667. The minimum atomic E-state index is -0.531. The Morgan fingerprint density at radius 3 is 2.71 bits per heavy atom. The summed E-state index contributed by atoms with van der Waals surface area (Å²) in [5.41, 5.74) is 2.28. The monoisotopic (exact) mass is 468 g/mol. The Labute approximate surface area is 201 Å². The summed E-state index contributed by atoms with van der Waals surface area (Å²) in [6, 6.07) is 6.16. The lowest BCUT2D eigenvalue weighted by molar-refractivity contribution is -0.145. The van der Waals surface area contributed by atoms with E-state index in [1.807, 2.05) is 6.07 Å². The molecule has 3 heterocycles. The molecule has 3 aliphatic heterocycles. The van der Waals surface area contributed by atoms with Crippen molar-refractivity contribution >= 4 is 5.97 Å². The highest BCUT2D eigenvalue weighted by molar-refractivity contribution is 5.76. The van der Waals surface area contributed by atoms with Crippen LogP contribution in [0.4, 0.5) is 0 Å². The third-order valence-corrected chi connectivity index (χ3v) is 9.33. The normalized spacial score (nSPS) is 37.7. The molecule has 0 radical (unpaired) electrons. The first kappa shape index (κ1) is 22.4. The summed E-state index contributed by atoms with van der Waals surface area (Å²) in [7, 11) is 0. The average molecular weight is 469 g/mol. The van der Waals surface area contributed by atoms with Crippen LogP contribution in [-0.4, -0.2) is 72.6 Å². The first-order chi connectivity index (χ1) is 16.4. The zero-order valence-electron chi connectivity index (χ0n) is 20.2. The highest BCUT2D eigenvalue weighted by Crippen LogP contribution is 2.56. The zero-order chi connectivity index (χ0) is 23.4. The largest absolute Gasteiger partial charge is 0.461 e. The predicted octanol–water partition coefficient (Wildman–Crippen LogP) is 2.82. The molecule has 7 nitrogen and oxygen atoms in total. The van der Waals surface area contributed by atoms with Crippen LogP contribution in [-0.2, 0) is 16.1 Å². The van der Waals surface area contributed by atoms with Crippen LogP contribution >= 0.6 is 0 Å². The van der Waals surface area contributed by atoms with Crippen LogP contribution in [0, 0.1) is 23.2 Å². The molecular formula is C27H36N2O5. The second-order valence-corrected chi connectivity index (χ2v) is 11.1. The molecule has 1 aromatic rings. The number of allylic oxidation sites excluding steroid dienone is 1. The van der Waals surface area contributed by atoms with Crippen LogP contribution in [0.25, 0.3) is 0 Å². The second-order valence-electron chi connectivity index (χ2n) is 11.1. The van der Waals surface area contributed by atoms with Crippen LogP contribution in [0.5, 0.6) is 11.5 Å². The summed E-state index contributed by atoms with van der Waals surface area (Å²) in [6.07, 6.45) is 4.53. The van der Waals surface area contributed by atoms with Crippen LogP contribution < -0.4 is 9.47 Å². The maximum absolute atomic E-state index is 12.9. The lowest BCUT2D eigenvalue weighted by Crippen LogP contribution is -2.55. The van der Waals surface area contributed by atoms with Gasteiger partial charge in [-0.05, 0) is 36.5 Å². The molecule has 0 aromatic heterocycles. The molecule has 3 fully saturated rings. The number of carbonyl (C=O) groups is 1. The van der Waals surface area contributed by atoms with Gasteiger partial charge in [-0.3, -0.25) is 14.6 Å². The van der Waals surface area contributed by atoms with Crippen molar-refractivity contribution in [1.82, 2.24) is 9.80 Å². The van der Waals surface area contributed by atoms with Gasteiger partial charge >= 0.3 is 5.97 Å². The summed E-state index contributed by atoms with van der Waals surface area (Å²) < 4.78 is 16.8. The molecule has 6 rings (SSSR count). The van der Waals surface area contributed by atoms with Gasteiger partial charge < -0.3 is 19.3 Å². The predicted molar refractivity (Wildman–Crippen MR) is 126 cm³/mol. The van der Waals surface area contributed by atoms with Gasteiger partial charge in [-0.2, -0.15) is 0 Å². The number of nitrogens with zero attached hydrogens (tertiary/aromatic N) is 2. The van der Waals surface area contributed by atoms with Crippen LogP contribution in [0.15, 0.2) is 29.8 Å². The van der Waals surface area contributed by atoms with Crippen molar-refractivity contribution in [1.29, 1.82) is 0 Å². The number of hydrogen-bond donors (Lipinski definition) is 1. The molecule has 2 aliphatic carbocycles. The molecule has 5 aliphatic rings. The van der Waals surface area contributed by atoms with Crippen molar-refractivity contribution < 1.29 is 24.1 Å². The lowest BCUT2D eigenvalue weighted by Gasteiger charge is -2.52. The topological polar surface area (TPSA) is 71.5 Å². The SMILES string of the molecule is C[C@@H]1CCC=C2C[C@H]3OC(=O)[C@@H](CN4CCN(Cc5ccc6c(c5)OCO6)CC4)[C@H]3[C@H](O)[C@@]21C. The van der Waals surface area contributed by atoms with E-state index < -0.39 is 6.10 Å². The van der Waals surface area contributed by atoms with Gasteiger partial charge in [0.2, 0.25) is 6.79 Å². The van der Waals surface area contributed by atoms with Gasteiger partial charge in [0.05, 0.1) is 12.0 Å². The Kier molecular flexibility index (Phi) is 5.62. The number of aliphatic hydroxyl groups is 1. The summed E-state index contributed by atoms with van der Waals surface area (Å²) in [4.78, 5) is 17.8. The van der Waals surface area contributed by atoms with Crippen LogP contribution in [0.2, 0.25) is 0 Å². The lowest BCUT2D eigenvalue weighted by atomic mass is 9.55. The van der Waals surface area contributed by atoms with Gasteiger partial charge in [-0.1, -0.05) is 31.6 Å². The molecule has 0 spiro atoms. The van der Waals surface area contributed by atoms with Gasteiger partial charge in [-0.15, -0.1) is 0 Å². The second kappa shape index (κ2) is 8.54. The van der Waals surface area contributed by atoms with E-state index in [0.717, 1.165) is 63.5 Å². The van der Waals surface area contributed by atoms with Gasteiger partial charge in [0.25, 0.3) is 0 Å². The molecule has 34 heavy (non-hydrogen) atoms. The average Bonchev–Trinajstić information content (AvgIpc) is 3.41. The maximum atomic E-state index is 12.9. The van der Waals surface area contributed by atoms with Crippen molar-refractivity contribution in [3.63, 3.8) is 0 Å². The van der Waals surface area contributed by atoms with Crippen molar-refractivity contribution in [2.45, 2.75) is 51.9 Å². The molecule has 6 atom stereocenters. The van der Waals surface area contributed by atoms with E-state index in [4.69, 9.17) is 14.2 Å². The van der Waals surface area contributed by atoms with Crippen molar-refractivity contribution in [3.8, 4) is 11.5 Å².